The molecule has 0 unspecified atom stereocenters. The molecule has 20 heavy (non-hydrogen) atoms. The van der Waals surface area contributed by atoms with Gasteiger partial charge in [0.1, 0.15) is 0 Å². The predicted octanol–water partition coefficient (Wildman–Crippen LogP) is 2.98. The van der Waals surface area contributed by atoms with Gasteiger partial charge >= 0.3 is 0 Å². The van der Waals surface area contributed by atoms with Crippen LogP contribution in [0.3, 0.4) is 0 Å². The Bertz CT molecular complexity index is 456. The number of carbonyl (C=O) groups excluding carboxylic acids is 1. The maximum Gasteiger partial charge on any atom is 0.253 e. The van der Waals surface area contributed by atoms with Crippen LogP contribution in [0.25, 0.3) is 0 Å². The fourth-order valence-corrected chi connectivity index (χ4v) is 2.75. The van der Waals surface area contributed by atoms with E-state index in [2.05, 4.69) is 31.3 Å². The zero-order valence-corrected chi connectivity index (χ0v) is 12.7. The summed E-state index contributed by atoms with van der Waals surface area (Å²) in [6, 6.07) is 6.19. The molecule has 1 aromatic rings. The molecule has 1 N–H and O–H groups in total. The van der Waals surface area contributed by atoms with Gasteiger partial charge in [0.05, 0.1) is 0 Å². The van der Waals surface area contributed by atoms with Gasteiger partial charge in [-0.3, -0.25) is 4.79 Å². The topological polar surface area (TPSA) is 32.3 Å². The highest BCUT2D eigenvalue weighted by molar-refractivity contribution is 5.94. The molecule has 0 fully saturated rings. The molecular weight excluding hydrogens is 248 g/mol. The monoisotopic (exact) mass is 274 g/mol. The van der Waals surface area contributed by atoms with E-state index in [1.54, 1.807) is 0 Å². The summed E-state index contributed by atoms with van der Waals surface area (Å²) in [5.41, 5.74) is 3.52. The van der Waals surface area contributed by atoms with E-state index in [0.717, 1.165) is 44.6 Å². The van der Waals surface area contributed by atoms with Crippen LogP contribution in [-0.4, -0.2) is 30.4 Å². The number of nitrogens with zero attached hydrogens (tertiary/aromatic N) is 1. The molecule has 1 aromatic carbocycles. The Kier molecular flexibility index (Phi) is 5.60. The normalized spacial score (nSPS) is 13.9. The summed E-state index contributed by atoms with van der Waals surface area (Å²) in [6.45, 7) is 7.86. The summed E-state index contributed by atoms with van der Waals surface area (Å²) in [7, 11) is 0. The highest BCUT2D eigenvalue weighted by Gasteiger charge is 2.16. The number of fused-ring (bicyclic) bond motifs is 1. The first-order chi connectivity index (χ1) is 9.76. The van der Waals surface area contributed by atoms with E-state index in [0.29, 0.717) is 0 Å². The molecule has 0 bridgehead atoms. The summed E-state index contributed by atoms with van der Waals surface area (Å²) in [4.78, 5) is 14.5. The van der Waals surface area contributed by atoms with Crippen LogP contribution in [0.15, 0.2) is 18.2 Å². The van der Waals surface area contributed by atoms with Crippen LogP contribution in [0.2, 0.25) is 0 Å². The van der Waals surface area contributed by atoms with Crippen LogP contribution < -0.4 is 5.32 Å². The molecule has 110 valence electrons. The second-order valence-electron chi connectivity index (χ2n) is 5.50. The van der Waals surface area contributed by atoms with E-state index in [1.807, 2.05) is 11.0 Å². The molecule has 0 radical (unpaired) electrons. The van der Waals surface area contributed by atoms with Crippen LogP contribution in [0.1, 0.15) is 54.6 Å². The molecule has 1 amide bonds. The largest absolute Gasteiger partial charge is 0.339 e. The minimum Gasteiger partial charge on any atom is -0.339 e. The molecular formula is C17H26N2O. The predicted molar refractivity (Wildman–Crippen MR) is 83.0 cm³/mol. The number of hydrogen-bond donors (Lipinski definition) is 1. The van der Waals surface area contributed by atoms with Crippen molar-refractivity contribution in [2.75, 3.05) is 19.6 Å². The molecule has 0 saturated carbocycles. The molecule has 2 rings (SSSR count). The lowest BCUT2D eigenvalue weighted by molar-refractivity contribution is 0.0761. The number of benzene rings is 1. The smallest absolute Gasteiger partial charge is 0.253 e. The molecule has 0 atom stereocenters. The highest BCUT2D eigenvalue weighted by atomic mass is 16.2. The number of rotatable bonds is 6. The molecule has 0 aromatic heterocycles. The summed E-state index contributed by atoms with van der Waals surface area (Å²) in [5.74, 6) is 0.185. The van der Waals surface area contributed by atoms with E-state index < -0.39 is 0 Å². The van der Waals surface area contributed by atoms with E-state index >= 15 is 0 Å². The van der Waals surface area contributed by atoms with Gasteiger partial charge in [0.2, 0.25) is 0 Å². The molecule has 0 aliphatic carbocycles. The van der Waals surface area contributed by atoms with Crippen molar-refractivity contribution < 1.29 is 4.79 Å². The van der Waals surface area contributed by atoms with Crippen molar-refractivity contribution in [1.82, 2.24) is 10.2 Å². The highest BCUT2D eigenvalue weighted by Crippen LogP contribution is 2.17. The molecule has 3 heteroatoms. The van der Waals surface area contributed by atoms with Crippen molar-refractivity contribution in [3.63, 3.8) is 0 Å². The van der Waals surface area contributed by atoms with Gasteiger partial charge in [-0.05, 0) is 49.6 Å². The van der Waals surface area contributed by atoms with Crippen LogP contribution in [0, 0.1) is 0 Å². The number of hydrogen-bond acceptors (Lipinski definition) is 2. The van der Waals surface area contributed by atoms with Crippen LogP contribution >= 0.6 is 0 Å². The van der Waals surface area contributed by atoms with Gasteiger partial charge in [-0.1, -0.05) is 25.8 Å². The van der Waals surface area contributed by atoms with Gasteiger partial charge in [0, 0.05) is 25.2 Å². The van der Waals surface area contributed by atoms with Crippen LogP contribution in [0.4, 0.5) is 0 Å². The first-order valence-electron chi connectivity index (χ1n) is 7.88. The Hall–Kier alpha value is -1.35. The van der Waals surface area contributed by atoms with Crippen molar-refractivity contribution in [3.05, 3.63) is 34.9 Å². The lowest BCUT2D eigenvalue weighted by Gasteiger charge is -2.23. The van der Waals surface area contributed by atoms with E-state index in [-0.39, 0.29) is 5.91 Å². The first kappa shape index (κ1) is 15.0. The molecule has 1 heterocycles. The Morgan fingerprint density at radius 1 is 1.25 bits per heavy atom. The Balaban J connectivity index is 2.06. The van der Waals surface area contributed by atoms with Crippen molar-refractivity contribution >= 4 is 5.91 Å². The van der Waals surface area contributed by atoms with Crippen LogP contribution in [-0.2, 0) is 13.0 Å². The summed E-state index contributed by atoms with van der Waals surface area (Å²) in [6.07, 6.45) is 4.51. The van der Waals surface area contributed by atoms with Gasteiger partial charge in [0.15, 0.2) is 0 Å². The summed E-state index contributed by atoms with van der Waals surface area (Å²) < 4.78 is 0. The van der Waals surface area contributed by atoms with E-state index in [1.165, 1.54) is 24.0 Å². The third kappa shape index (κ3) is 3.60. The van der Waals surface area contributed by atoms with Crippen molar-refractivity contribution in [3.8, 4) is 0 Å². The maximum absolute atomic E-state index is 12.6. The van der Waals surface area contributed by atoms with Gasteiger partial charge in [0.25, 0.3) is 5.91 Å². The second-order valence-corrected chi connectivity index (χ2v) is 5.50. The number of carbonyl (C=O) groups is 1. The zero-order valence-electron chi connectivity index (χ0n) is 12.7. The van der Waals surface area contributed by atoms with Crippen LogP contribution in [0.5, 0.6) is 0 Å². The van der Waals surface area contributed by atoms with Crippen molar-refractivity contribution in [2.45, 2.75) is 46.1 Å². The van der Waals surface area contributed by atoms with Gasteiger partial charge in [-0.15, -0.1) is 0 Å². The Labute approximate surface area is 122 Å². The van der Waals surface area contributed by atoms with E-state index in [4.69, 9.17) is 0 Å². The standard InChI is InChI=1S/C17H26N2O/c1-3-5-6-11-19(4-2)17(20)15-7-8-16-13-18-10-9-14(16)12-15/h7-8,12,18H,3-6,9-11,13H2,1-2H3. The third-order valence-electron chi connectivity index (χ3n) is 4.04. The molecule has 3 nitrogen and oxygen atoms in total. The van der Waals surface area contributed by atoms with Gasteiger partial charge in [-0.25, -0.2) is 0 Å². The Morgan fingerprint density at radius 3 is 2.85 bits per heavy atom. The second kappa shape index (κ2) is 7.44. The average Bonchev–Trinajstić information content (AvgIpc) is 2.50. The van der Waals surface area contributed by atoms with Crippen molar-refractivity contribution in [1.29, 1.82) is 0 Å². The average molecular weight is 274 g/mol. The zero-order chi connectivity index (χ0) is 14.4. The minimum atomic E-state index is 0.185. The van der Waals surface area contributed by atoms with Gasteiger partial charge in [-0.2, -0.15) is 0 Å². The van der Waals surface area contributed by atoms with Gasteiger partial charge < -0.3 is 10.2 Å². The molecule has 0 saturated heterocycles. The first-order valence-corrected chi connectivity index (χ1v) is 7.88. The number of amides is 1. The molecule has 0 spiro atoms. The summed E-state index contributed by atoms with van der Waals surface area (Å²) in [5, 5.41) is 3.36. The summed E-state index contributed by atoms with van der Waals surface area (Å²) >= 11 is 0. The lowest BCUT2D eigenvalue weighted by Crippen LogP contribution is -2.32. The lowest BCUT2D eigenvalue weighted by atomic mass is 9.98. The SMILES string of the molecule is CCCCCN(CC)C(=O)c1ccc2c(c1)CCNC2. The third-order valence-corrected chi connectivity index (χ3v) is 4.04. The van der Waals surface area contributed by atoms with E-state index in [9.17, 15) is 4.79 Å². The quantitative estimate of drug-likeness (QED) is 0.809. The number of nitrogens with one attached hydrogen (secondary N) is 1. The molecule has 1 aliphatic rings. The maximum atomic E-state index is 12.6. The molecule has 1 aliphatic heterocycles. The van der Waals surface area contributed by atoms with Crippen molar-refractivity contribution in [2.24, 2.45) is 0 Å². The fraction of sp³-hybridized carbons (Fsp3) is 0.588. The number of unbranched alkanes of at least 4 members (excludes halogenated alkanes) is 2. The Morgan fingerprint density at radius 2 is 2.10 bits per heavy atom. The fourth-order valence-electron chi connectivity index (χ4n) is 2.75. The minimum absolute atomic E-state index is 0.185.